The first kappa shape index (κ1) is 19.7. The number of nitrogens with one attached hydrogen (secondary N) is 1. The standard InChI is InChI=1S/C23H24FN3O/c1-2-20-23(27-22(28)13-6-10-17-8-4-3-5-9-17)25-16-21(26-20)18-11-7-12-19(24)15-14-18/h3-5,7-9,12,14-16H,2,6,10-11,13H2,1H3,(H,25,27,28). The smallest absolute Gasteiger partial charge is 0.225 e. The lowest BCUT2D eigenvalue weighted by Crippen LogP contribution is -2.15. The van der Waals surface area contributed by atoms with Gasteiger partial charge in [-0.25, -0.2) is 14.4 Å². The summed E-state index contributed by atoms with van der Waals surface area (Å²) in [6.45, 7) is 1.97. The number of benzene rings is 1. The van der Waals surface area contributed by atoms with Crippen LogP contribution in [0.3, 0.4) is 0 Å². The van der Waals surface area contributed by atoms with Crippen molar-refractivity contribution in [1.82, 2.24) is 9.97 Å². The van der Waals surface area contributed by atoms with Crippen LogP contribution in [0.4, 0.5) is 10.2 Å². The number of aryl methyl sites for hydroxylation is 2. The Bertz CT molecular complexity index is 917. The summed E-state index contributed by atoms with van der Waals surface area (Å²) in [7, 11) is 0. The Morgan fingerprint density at radius 1 is 1.21 bits per heavy atom. The van der Waals surface area contributed by atoms with Gasteiger partial charge in [-0.05, 0) is 49.0 Å². The highest BCUT2D eigenvalue weighted by Gasteiger charge is 2.12. The minimum atomic E-state index is -0.280. The molecule has 1 aliphatic rings. The first-order chi connectivity index (χ1) is 13.7. The van der Waals surface area contributed by atoms with Crippen molar-refractivity contribution in [2.75, 3.05) is 5.32 Å². The van der Waals surface area contributed by atoms with E-state index in [0.717, 1.165) is 24.1 Å². The number of halogens is 1. The van der Waals surface area contributed by atoms with E-state index in [-0.39, 0.29) is 11.7 Å². The molecule has 0 aliphatic heterocycles. The number of carbonyl (C=O) groups excluding carboxylic acids is 1. The zero-order valence-corrected chi connectivity index (χ0v) is 16.0. The summed E-state index contributed by atoms with van der Waals surface area (Å²) in [6, 6.07) is 10.1. The maximum absolute atomic E-state index is 13.3. The molecule has 3 rings (SSSR count). The van der Waals surface area contributed by atoms with Crippen molar-refractivity contribution in [3.8, 4) is 0 Å². The molecule has 1 N–H and O–H groups in total. The molecule has 4 nitrogen and oxygen atoms in total. The van der Waals surface area contributed by atoms with Gasteiger partial charge < -0.3 is 5.32 Å². The molecule has 0 bridgehead atoms. The second-order valence-electron chi connectivity index (χ2n) is 6.64. The molecular formula is C23H24FN3O. The van der Waals surface area contributed by atoms with Crippen LogP contribution < -0.4 is 5.32 Å². The van der Waals surface area contributed by atoms with E-state index in [4.69, 9.17) is 0 Å². The number of aromatic nitrogens is 2. The third kappa shape index (κ3) is 5.46. The fraction of sp³-hybridized carbons (Fsp3) is 0.261. The quantitative estimate of drug-likeness (QED) is 0.722. The number of nitrogens with zero attached hydrogens (tertiary/aromatic N) is 2. The molecule has 1 aliphatic carbocycles. The Balaban J connectivity index is 1.62. The molecule has 0 unspecified atom stereocenters. The summed E-state index contributed by atoms with van der Waals surface area (Å²) in [4.78, 5) is 21.3. The average Bonchev–Trinajstić information content (AvgIpc) is 2.93. The van der Waals surface area contributed by atoms with Crippen LogP contribution in [-0.4, -0.2) is 15.9 Å². The lowest BCUT2D eigenvalue weighted by atomic mass is 10.1. The third-order valence-electron chi connectivity index (χ3n) is 4.54. The molecule has 0 fully saturated rings. The highest BCUT2D eigenvalue weighted by atomic mass is 19.1. The molecule has 0 saturated heterocycles. The van der Waals surface area contributed by atoms with Crippen molar-refractivity contribution in [3.63, 3.8) is 0 Å². The fourth-order valence-electron chi connectivity index (χ4n) is 3.02. The molecule has 28 heavy (non-hydrogen) atoms. The second-order valence-corrected chi connectivity index (χ2v) is 6.64. The van der Waals surface area contributed by atoms with Gasteiger partial charge in [0, 0.05) is 6.42 Å². The molecule has 1 amide bonds. The van der Waals surface area contributed by atoms with Crippen molar-refractivity contribution in [1.29, 1.82) is 0 Å². The SMILES string of the molecule is CCc1nc(C2=CC=C(F)C=CC2)cnc1NC(=O)CCCc1ccccc1. The molecule has 0 atom stereocenters. The molecule has 5 heteroatoms. The van der Waals surface area contributed by atoms with Crippen molar-refractivity contribution >= 4 is 17.3 Å². The zero-order valence-electron chi connectivity index (χ0n) is 16.0. The van der Waals surface area contributed by atoms with Gasteiger partial charge in [-0.2, -0.15) is 0 Å². The Morgan fingerprint density at radius 2 is 2.04 bits per heavy atom. The van der Waals surface area contributed by atoms with E-state index in [1.54, 1.807) is 18.3 Å². The van der Waals surface area contributed by atoms with E-state index < -0.39 is 0 Å². The molecule has 0 spiro atoms. The van der Waals surface area contributed by atoms with Crippen LogP contribution in [0.15, 0.2) is 66.7 Å². The van der Waals surface area contributed by atoms with Gasteiger partial charge >= 0.3 is 0 Å². The maximum Gasteiger partial charge on any atom is 0.225 e. The van der Waals surface area contributed by atoms with Crippen LogP contribution >= 0.6 is 0 Å². The summed E-state index contributed by atoms with van der Waals surface area (Å²) in [5.74, 6) is 0.162. The first-order valence-electron chi connectivity index (χ1n) is 9.58. The van der Waals surface area contributed by atoms with Gasteiger partial charge in [-0.15, -0.1) is 0 Å². The normalized spacial score (nSPS) is 13.5. The Labute approximate surface area is 164 Å². The van der Waals surface area contributed by atoms with E-state index in [1.807, 2.05) is 25.1 Å². The summed E-state index contributed by atoms with van der Waals surface area (Å²) in [5.41, 5.74) is 3.55. The molecule has 0 saturated carbocycles. The van der Waals surface area contributed by atoms with Crippen molar-refractivity contribution in [3.05, 3.63) is 83.6 Å². The summed E-state index contributed by atoms with van der Waals surface area (Å²) >= 11 is 0. The molecule has 0 radical (unpaired) electrons. The van der Waals surface area contributed by atoms with Crippen molar-refractivity contribution in [2.24, 2.45) is 0 Å². The summed E-state index contributed by atoms with van der Waals surface area (Å²) in [6.07, 6.45) is 11.3. The molecule has 1 heterocycles. The fourth-order valence-corrected chi connectivity index (χ4v) is 3.02. The molecular weight excluding hydrogens is 353 g/mol. The van der Waals surface area contributed by atoms with E-state index in [0.29, 0.717) is 30.8 Å². The summed E-state index contributed by atoms with van der Waals surface area (Å²) < 4.78 is 13.3. The predicted molar refractivity (Wildman–Crippen MR) is 110 cm³/mol. The largest absolute Gasteiger partial charge is 0.309 e. The molecule has 1 aromatic carbocycles. The van der Waals surface area contributed by atoms with Crippen LogP contribution in [0.25, 0.3) is 5.57 Å². The van der Waals surface area contributed by atoms with Crippen molar-refractivity contribution < 1.29 is 9.18 Å². The van der Waals surface area contributed by atoms with Gasteiger partial charge in [0.2, 0.25) is 5.91 Å². The van der Waals surface area contributed by atoms with Gasteiger partial charge in [0.1, 0.15) is 5.83 Å². The molecule has 144 valence electrons. The Kier molecular flexibility index (Phi) is 6.84. The minimum Gasteiger partial charge on any atom is -0.309 e. The number of amides is 1. The predicted octanol–water partition coefficient (Wildman–Crippen LogP) is 5.20. The van der Waals surface area contributed by atoms with Crippen LogP contribution in [0.2, 0.25) is 0 Å². The van der Waals surface area contributed by atoms with Crippen LogP contribution in [-0.2, 0) is 17.6 Å². The van der Waals surface area contributed by atoms with E-state index in [1.165, 1.54) is 17.7 Å². The Morgan fingerprint density at radius 3 is 2.82 bits per heavy atom. The number of hydrogen-bond acceptors (Lipinski definition) is 3. The number of rotatable bonds is 7. The number of allylic oxidation sites excluding steroid dienone is 6. The lowest BCUT2D eigenvalue weighted by molar-refractivity contribution is -0.116. The number of anilines is 1. The van der Waals surface area contributed by atoms with Crippen molar-refractivity contribution in [2.45, 2.75) is 39.0 Å². The first-order valence-corrected chi connectivity index (χ1v) is 9.58. The topological polar surface area (TPSA) is 54.9 Å². The van der Waals surface area contributed by atoms with E-state index in [9.17, 15) is 9.18 Å². The average molecular weight is 377 g/mol. The third-order valence-corrected chi connectivity index (χ3v) is 4.54. The van der Waals surface area contributed by atoms with Crippen LogP contribution in [0.5, 0.6) is 0 Å². The molecule has 2 aromatic rings. The number of hydrogen-bond donors (Lipinski definition) is 1. The lowest BCUT2D eigenvalue weighted by Gasteiger charge is -2.11. The summed E-state index contributed by atoms with van der Waals surface area (Å²) in [5, 5.41) is 2.88. The monoisotopic (exact) mass is 377 g/mol. The van der Waals surface area contributed by atoms with Gasteiger partial charge in [-0.1, -0.05) is 49.4 Å². The van der Waals surface area contributed by atoms with Gasteiger partial charge in [0.25, 0.3) is 0 Å². The van der Waals surface area contributed by atoms with Gasteiger partial charge in [0.05, 0.1) is 17.6 Å². The molecule has 1 aromatic heterocycles. The van der Waals surface area contributed by atoms with Crippen LogP contribution in [0.1, 0.15) is 43.1 Å². The van der Waals surface area contributed by atoms with E-state index in [2.05, 4.69) is 27.4 Å². The second kappa shape index (κ2) is 9.74. The minimum absolute atomic E-state index is 0.0608. The van der Waals surface area contributed by atoms with E-state index >= 15 is 0 Å². The van der Waals surface area contributed by atoms with Gasteiger partial charge in [0.15, 0.2) is 5.82 Å². The van der Waals surface area contributed by atoms with Crippen LogP contribution in [0, 0.1) is 0 Å². The highest BCUT2D eigenvalue weighted by Crippen LogP contribution is 2.23. The Hall–Kier alpha value is -3.08. The van der Waals surface area contributed by atoms with Gasteiger partial charge in [-0.3, -0.25) is 4.79 Å². The highest BCUT2D eigenvalue weighted by molar-refractivity contribution is 5.90. The zero-order chi connectivity index (χ0) is 19.8. The number of carbonyl (C=O) groups is 1. The maximum atomic E-state index is 13.3.